The molecule has 2 aromatic carbocycles. The van der Waals surface area contributed by atoms with Gasteiger partial charge >= 0.3 is 0 Å². The minimum Gasteiger partial charge on any atom is -0.308 e. The Bertz CT molecular complexity index is 854. The van der Waals surface area contributed by atoms with Crippen molar-refractivity contribution < 1.29 is 9.72 Å². The molecule has 1 heterocycles. The molecule has 0 N–H and O–H groups in total. The number of benzene rings is 2. The molecule has 5 heteroatoms. The lowest BCUT2D eigenvalue weighted by molar-refractivity contribution is -0.384. The fraction of sp³-hybridized carbons (Fsp3) is 0.409. The Morgan fingerprint density at radius 2 is 1.67 bits per heavy atom. The Balaban J connectivity index is 1.66. The van der Waals surface area contributed by atoms with Crippen molar-refractivity contribution in [3.05, 3.63) is 69.8 Å². The first kappa shape index (κ1) is 17.7. The largest absolute Gasteiger partial charge is 0.308 e. The number of fused-ring (bicyclic) bond motifs is 1. The Morgan fingerprint density at radius 3 is 2.37 bits per heavy atom. The highest BCUT2D eigenvalue weighted by Gasteiger charge is 2.37. The van der Waals surface area contributed by atoms with Crippen LogP contribution in [0.1, 0.15) is 54.4 Å². The summed E-state index contributed by atoms with van der Waals surface area (Å²) in [5.41, 5.74) is 3.04. The second-order valence-electron chi connectivity index (χ2n) is 7.88. The topological polar surface area (TPSA) is 63.4 Å². The third kappa shape index (κ3) is 3.46. The quantitative estimate of drug-likeness (QED) is 0.547. The SMILES string of the molecule is O=C(c1ccc([N+](=O)[O-])cc1)N1CCC2(CCCCC2)Cc2ccccc21. The van der Waals surface area contributed by atoms with Crippen molar-refractivity contribution in [3.8, 4) is 0 Å². The normalized spacial score (nSPS) is 18.6. The van der Waals surface area contributed by atoms with Gasteiger partial charge in [0.05, 0.1) is 4.92 Å². The van der Waals surface area contributed by atoms with Crippen molar-refractivity contribution >= 4 is 17.3 Å². The maximum Gasteiger partial charge on any atom is 0.269 e. The fourth-order valence-electron chi connectivity index (χ4n) is 4.71. The van der Waals surface area contributed by atoms with Gasteiger partial charge in [0.15, 0.2) is 0 Å². The van der Waals surface area contributed by atoms with E-state index < -0.39 is 4.92 Å². The number of carbonyl (C=O) groups is 1. The molecule has 0 unspecified atom stereocenters. The van der Waals surface area contributed by atoms with E-state index in [-0.39, 0.29) is 11.6 Å². The zero-order valence-electron chi connectivity index (χ0n) is 15.4. The van der Waals surface area contributed by atoms with E-state index in [1.807, 2.05) is 17.0 Å². The molecule has 1 amide bonds. The monoisotopic (exact) mass is 364 g/mol. The summed E-state index contributed by atoms with van der Waals surface area (Å²) < 4.78 is 0. The van der Waals surface area contributed by atoms with Gasteiger partial charge in [0, 0.05) is 29.9 Å². The Hall–Kier alpha value is -2.69. The number of para-hydroxylation sites is 1. The van der Waals surface area contributed by atoms with Crippen LogP contribution in [0.3, 0.4) is 0 Å². The van der Waals surface area contributed by atoms with Gasteiger partial charge < -0.3 is 4.90 Å². The lowest BCUT2D eigenvalue weighted by atomic mass is 9.69. The van der Waals surface area contributed by atoms with Crippen molar-refractivity contribution in [1.82, 2.24) is 0 Å². The number of hydrogen-bond donors (Lipinski definition) is 0. The van der Waals surface area contributed by atoms with Crippen LogP contribution in [0.15, 0.2) is 48.5 Å². The number of carbonyl (C=O) groups excluding carboxylic acids is 1. The van der Waals surface area contributed by atoms with Crippen molar-refractivity contribution in [1.29, 1.82) is 0 Å². The molecule has 1 saturated carbocycles. The number of nitro groups is 1. The second-order valence-corrected chi connectivity index (χ2v) is 7.88. The fourth-order valence-corrected chi connectivity index (χ4v) is 4.71. The molecule has 140 valence electrons. The van der Waals surface area contributed by atoms with Gasteiger partial charge in [-0.3, -0.25) is 14.9 Å². The molecule has 5 nitrogen and oxygen atoms in total. The predicted molar refractivity (Wildman–Crippen MR) is 105 cm³/mol. The van der Waals surface area contributed by atoms with E-state index in [0.717, 1.165) is 18.5 Å². The molecule has 4 rings (SSSR count). The molecule has 0 atom stereocenters. The summed E-state index contributed by atoms with van der Waals surface area (Å²) in [6, 6.07) is 14.1. The molecule has 1 fully saturated rings. The van der Waals surface area contributed by atoms with Crippen LogP contribution in [0.25, 0.3) is 0 Å². The van der Waals surface area contributed by atoms with Crippen molar-refractivity contribution in [3.63, 3.8) is 0 Å². The third-order valence-corrected chi connectivity index (χ3v) is 6.20. The molecule has 0 radical (unpaired) electrons. The van der Waals surface area contributed by atoms with E-state index in [2.05, 4.69) is 12.1 Å². The molecule has 0 aromatic heterocycles. The standard InChI is InChI=1S/C22H24N2O3/c25-21(17-8-10-19(11-9-17)24(26)27)23-15-14-22(12-4-1-5-13-22)16-18-6-2-3-7-20(18)23/h2-3,6-11H,1,4-5,12-16H2. The number of non-ortho nitro benzene ring substituents is 1. The number of nitro benzene ring substituents is 1. The summed E-state index contributed by atoms with van der Waals surface area (Å²) in [6.07, 6.45) is 8.39. The molecule has 0 bridgehead atoms. The van der Waals surface area contributed by atoms with Crippen molar-refractivity contribution in [2.75, 3.05) is 11.4 Å². The Kier molecular flexibility index (Phi) is 4.68. The van der Waals surface area contributed by atoms with Gasteiger partial charge in [-0.2, -0.15) is 0 Å². The van der Waals surface area contributed by atoms with Crippen LogP contribution >= 0.6 is 0 Å². The van der Waals surface area contributed by atoms with E-state index in [9.17, 15) is 14.9 Å². The van der Waals surface area contributed by atoms with E-state index in [4.69, 9.17) is 0 Å². The molecular formula is C22H24N2O3. The molecule has 2 aromatic rings. The highest BCUT2D eigenvalue weighted by Crippen LogP contribution is 2.46. The maximum absolute atomic E-state index is 13.2. The smallest absolute Gasteiger partial charge is 0.269 e. The molecule has 1 aliphatic carbocycles. The summed E-state index contributed by atoms with van der Waals surface area (Å²) in [5, 5.41) is 10.9. The zero-order chi connectivity index (χ0) is 18.9. The van der Waals surface area contributed by atoms with Crippen LogP contribution in [0.4, 0.5) is 11.4 Å². The predicted octanol–water partition coefficient (Wildman–Crippen LogP) is 5.14. The molecule has 27 heavy (non-hydrogen) atoms. The molecule has 1 spiro atoms. The lowest BCUT2D eigenvalue weighted by Crippen LogP contribution is -2.34. The van der Waals surface area contributed by atoms with E-state index in [1.165, 1.54) is 49.8 Å². The Labute approximate surface area is 159 Å². The first-order valence-corrected chi connectivity index (χ1v) is 9.72. The zero-order valence-corrected chi connectivity index (χ0v) is 15.4. The number of hydrogen-bond acceptors (Lipinski definition) is 3. The molecular weight excluding hydrogens is 340 g/mol. The van der Waals surface area contributed by atoms with Gasteiger partial charge in [-0.1, -0.05) is 37.5 Å². The van der Waals surface area contributed by atoms with Crippen LogP contribution in [-0.4, -0.2) is 17.4 Å². The summed E-state index contributed by atoms with van der Waals surface area (Å²) >= 11 is 0. The highest BCUT2D eigenvalue weighted by molar-refractivity contribution is 6.06. The average molecular weight is 364 g/mol. The second kappa shape index (κ2) is 7.14. The van der Waals surface area contributed by atoms with E-state index >= 15 is 0 Å². The number of rotatable bonds is 2. The van der Waals surface area contributed by atoms with Gasteiger partial charge in [-0.05, 0) is 54.9 Å². The van der Waals surface area contributed by atoms with Crippen LogP contribution in [-0.2, 0) is 6.42 Å². The van der Waals surface area contributed by atoms with E-state index in [0.29, 0.717) is 17.5 Å². The number of nitrogens with zero attached hydrogens (tertiary/aromatic N) is 2. The van der Waals surface area contributed by atoms with Crippen LogP contribution in [0.2, 0.25) is 0 Å². The van der Waals surface area contributed by atoms with Gasteiger partial charge in [0.2, 0.25) is 0 Å². The van der Waals surface area contributed by atoms with E-state index in [1.54, 1.807) is 12.1 Å². The minimum atomic E-state index is -0.442. The van der Waals surface area contributed by atoms with Crippen LogP contribution in [0, 0.1) is 15.5 Å². The van der Waals surface area contributed by atoms with Gasteiger partial charge in [-0.25, -0.2) is 0 Å². The maximum atomic E-state index is 13.2. The molecule has 0 saturated heterocycles. The van der Waals surface area contributed by atoms with Crippen LogP contribution < -0.4 is 4.90 Å². The average Bonchev–Trinajstić information content (AvgIpc) is 2.85. The lowest BCUT2D eigenvalue weighted by Gasteiger charge is -2.36. The molecule has 1 aliphatic heterocycles. The first-order valence-electron chi connectivity index (χ1n) is 9.72. The van der Waals surface area contributed by atoms with Crippen molar-refractivity contribution in [2.24, 2.45) is 5.41 Å². The van der Waals surface area contributed by atoms with Crippen LogP contribution in [0.5, 0.6) is 0 Å². The van der Waals surface area contributed by atoms with Gasteiger partial charge in [0.1, 0.15) is 0 Å². The van der Waals surface area contributed by atoms with Gasteiger partial charge in [-0.15, -0.1) is 0 Å². The van der Waals surface area contributed by atoms with Crippen molar-refractivity contribution in [2.45, 2.75) is 44.9 Å². The summed E-state index contributed by atoms with van der Waals surface area (Å²) in [4.78, 5) is 25.5. The number of amides is 1. The first-order chi connectivity index (χ1) is 13.1. The third-order valence-electron chi connectivity index (χ3n) is 6.20. The van der Waals surface area contributed by atoms with Gasteiger partial charge in [0.25, 0.3) is 11.6 Å². The summed E-state index contributed by atoms with van der Waals surface area (Å²) in [5.74, 6) is -0.0785. The molecule has 2 aliphatic rings. The Morgan fingerprint density at radius 1 is 0.963 bits per heavy atom. The minimum absolute atomic E-state index is 0.00368. The summed E-state index contributed by atoms with van der Waals surface area (Å²) in [6.45, 7) is 0.701. The summed E-state index contributed by atoms with van der Waals surface area (Å²) in [7, 11) is 0. The highest BCUT2D eigenvalue weighted by atomic mass is 16.6. The number of anilines is 1.